The second-order valence-electron chi connectivity index (χ2n) is 4.75. The van der Waals surface area contributed by atoms with Crippen LogP contribution in [0.5, 0.6) is 11.5 Å². The van der Waals surface area contributed by atoms with Crippen molar-refractivity contribution in [1.29, 1.82) is 0 Å². The molecule has 5 heteroatoms. The normalized spacial score (nSPS) is 10.4. The van der Waals surface area contributed by atoms with Crippen molar-refractivity contribution in [2.24, 2.45) is 0 Å². The number of fused-ring (bicyclic) bond motifs is 1. The van der Waals surface area contributed by atoms with Crippen LogP contribution in [0.3, 0.4) is 0 Å². The summed E-state index contributed by atoms with van der Waals surface area (Å²) in [5, 5.41) is 13.5. The summed E-state index contributed by atoms with van der Waals surface area (Å²) in [4.78, 5) is 16.6. The van der Waals surface area contributed by atoms with Crippen molar-refractivity contribution in [3.63, 3.8) is 0 Å². The Bertz CT molecular complexity index is 846. The van der Waals surface area contributed by atoms with Crippen molar-refractivity contribution < 1.29 is 14.6 Å². The molecule has 0 aliphatic rings. The Morgan fingerprint density at radius 2 is 2.00 bits per heavy atom. The molecule has 0 spiro atoms. The van der Waals surface area contributed by atoms with E-state index in [0.29, 0.717) is 11.4 Å². The highest BCUT2D eigenvalue weighted by Gasteiger charge is 2.13. The fourth-order valence-electron chi connectivity index (χ4n) is 2.16. The molecular formula is C17H14N2O3. The van der Waals surface area contributed by atoms with E-state index in [-0.39, 0.29) is 11.3 Å². The van der Waals surface area contributed by atoms with Crippen LogP contribution in [0.2, 0.25) is 0 Å². The quantitative estimate of drug-likeness (QED) is 0.778. The third-order valence-electron chi connectivity index (χ3n) is 3.30. The number of carbonyl (C=O) groups is 1. The number of anilines is 1. The monoisotopic (exact) mass is 294 g/mol. The lowest BCUT2D eigenvalue weighted by Gasteiger charge is -2.09. The summed E-state index contributed by atoms with van der Waals surface area (Å²) in [7, 11) is 1.50. The first-order valence-corrected chi connectivity index (χ1v) is 6.70. The topological polar surface area (TPSA) is 71.5 Å². The van der Waals surface area contributed by atoms with Gasteiger partial charge in [-0.1, -0.05) is 18.2 Å². The number of nitrogens with one attached hydrogen (secondary N) is 1. The van der Waals surface area contributed by atoms with E-state index in [9.17, 15) is 9.90 Å². The van der Waals surface area contributed by atoms with Gasteiger partial charge in [0.1, 0.15) is 11.5 Å². The van der Waals surface area contributed by atoms with Gasteiger partial charge in [-0.25, -0.2) is 0 Å². The van der Waals surface area contributed by atoms with Crippen molar-refractivity contribution in [3.05, 3.63) is 60.3 Å². The number of aromatic nitrogens is 1. The molecule has 0 aliphatic carbocycles. The van der Waals surface area contributed by atoms with E-state index >= 15 is 0 Å². The standard InChI is InChI=1S/C17H14N2O3/c1-22-13-6-7-16(20)14(9-13)17(21)19-12-8-11-4-2-3-5-15(11)18-10-12/h2-10,20H,1H3,(H,19,21). The molecule has 1 amide bonds. The number of ether oxygens (including phenoxy) is 1. The molecule has 0 saturated heterocycles. The van der Waals surface area contributed by atoms with Gasteiger partial charge in [-0.15, -0.1) is 0 Å². The molecule has 0 unspecified atom stereocenters. The number of aromatic hydroxyl groups is 1. The van der Waals surface area contributed by atoms with Gasteiger partial charge >= 0.3 is 0 Å². The number of phenols is 1. The maximum Gasteiger partial charge on any atom is 0.259 e. The number of carbonyl (C=O) groups excluding carboxylic acids is 1. The minimum absolute atomic E-state index is 0.105. The molecule has 5 nitrogen and oxygen atoms in total. The van der Waals surface area contributed by atoms with Crippen LogP contribution in [-0.4, -0.2) is 23.1 Å². The first-order valence-electron chi connectivity index (χ1n) is 6.70. The largest absolute Gasteiger partial charge is 0.507 e. The Hall–Kier alpha value is -3.08. The zero-order valence-electron chi connectivity index (χ0n) is 11.9. The molecule has 0 saturated carbocycles. The minimum atomic E-state index is -0.423. The fraction of sp³-hybridized carbons (Fsp3) is 0.0588. The summed E-state index contributed by atoms with van der Waals surface area (Å²) in [6, 6.07) is 14.0. The van der Waals surface area contributed by atoms with Crippen molar-refractivity contribution in [1.82, 2.24) is 4.98 Å². The first-order chi connectivity index (χ1) is 10.7. The van der Waals surface area contributed by atoms with Crippen LogP contribution in [0.15, 0.2) is 54.7 Å². The molecule has 1 aromatic heterocycles. The van der Waals surface area contributed by atoms with E-state index in [0.717, 1.165) is 10.9 Å². The lowest BCUT2D eigenvalue weighted by molar-refractivity contribution is 0.102. The van der Waals surface area contributed by atoms with E-state index in [1.165, 1.54) is 19.2 Å². The predicted molar refractivity (Wildman–Crippen MR) is 84.4 cm³/mol. The molecule has 2 aromatic carbocycles. The molecule has 3 rings (SSSR count). The fourth-order valence-corrected chi connectivity index (χ4v) is 2.16. The Kier molecular flexibility index (Phi) is 3.62. The number of phenolic OH excluding ortho intramolecular Hbond substituents is 1. The molecule has 0 aliphatic heterocycles. The number of rotatable bonds is 3. The Balaban J connectivity index is 1.89. The van der Waals surface area contributed by atoms with E-state index in [4.69, 9.17) is 4.74 Å². The Morgan fingerprint density at radius 1 is 1.18 bits per heavy atom. The molecule has 0 radical (unpaired) electrons. The number of methoxy groups -OCH3 is 1. The number of pyridine rings is 1. The van der Waals surface area contributed by atoms with Gasteiger partial charge in [-0.2, -0.15) is 0 Å². The molecule has 22 heavy (non-hydrogen) atoms. The summed E-state index contributed by atoms with van der Waals surface area (Å²) >= 11 is 0. The zero-order chi connectivity index (χ0) is 15.5. The third-order valence-corrected chi connectivity index (χ3v) is 3.30. The summed E-state index contributed by atoms with van der Waals surface area (Å²) in [6.45, 7) is 0. The maximum absolute atomic E-state index is 12.3. The summed E-state index contributed by atoms with van der Waals surface area (Å²) in [5.74, 6) is -0.0277. The smallest absolute Gasteiger partial charge is 0.259 e. The number of amides is 1. The lowest BCUT2D eigenvalue weighted by Crippen LogP contribution is -2.12. The average molecular weight is 294 g/mol. The second-order valence-corrected chi connectivity index (χ2v) is 4.75. The second kappa shape index (κ2) is 5.73. The summed E-state index contributed by atoms with van der Waals surface area (Å²) in [6.07, 6.45) is 1.58. The van der Waals surface area contributed by atoms with E-state index in [1.54, 1.807) is 12.3 Å². The lowest BCUT2D eigenvalue weighted by atomic mass is 10.1. The van der Waals surface area contributed by atoms with Crippen molar-refractivity contribution in [2.45, 2.75) is 0 Å². The summed E-state index contributed by atoms with van der Waals surface area (Å²) in [5.41, 5.74) is 1.56. The van der Waals surface area contributed by atoms with Crippen LogP contribution in [0, 0.1) is 0 Å². The molecular weight excluding hydrogens is 280 g/mol. The number of nitrogens with zero attached hydrogens (tertiary/aromatic N) is 1. The first kappa shape index (κ1) is 13.9. The highest BCUT2D eigenvalue weighted by atomic mass is 16.5. The van der Waals surface area contributed by atoms with Crippen molar-refractivity contribution in [2.75, 3.05) is 12.4 Å². The van der Waals surface area contributed by atoms with Gasteiger partial charge in [-0.05, 0) is 30.3 Å². The zero-order valence-corrected chi connectivity index (χ0v) is 11.9. The maximum atomic E-state index is 12.3. The Morgan fingerprint density at radius 3 is 2.82 bits per heavy atom. The molecule has 0 bridgehead atoms. The molecule has 3 aromatic rings. The summed E-state index contributed by atoms with van der Waals surface area (Å²) < 4.78 is 5.06. The molecule has 0 fully saturated rings. The molecule has 1 heterocycles. The van der Waals surface area contributed by atoms with Gasteiger partial charge < -0.3 is 15.2 Å². The van der Waals surface area contributed by atoms with Gasteiger partial charge in [0.05, 0.1) is 30.1 Å². The number of para-hydroxylation sites is 1. The molecule has 110 valence electrons. The van der Waals surface area contributed by atoms with Gasteiger partial charge in [0, 0.05) is 5.39 Å². The third kappa shape index (κ3) is 2.69. The molecule has 2 N–H and O–H groups in total. The SMILES string of the molecule is COc1ccc(O)c(C(=O)Nc2cnc3ccccc3c2)c1. The van der Waals surface area contributed by atoms with Crippen LogP contribution >= 0.6 is 0 Å². The van der Waals surface area contributed by atoms with Crippen LogP contribution in [0.25, 0.3) is 10.9 Å². The van der Waals surface area contributed by atoms with Crippen LogP contribution in [0.4, 0.5) is 5.69 Å². The van der Waals surface area contributed by atoms with Gasteiger partial charge in [0.15, 0.2) is 0 Å². The number of hydrogen-bond acceptors (Lipinski definition) is 4. The van der Waals surface area contributed by atoms with Crippen LogP contribution in [0.1, 0.15) is 10.4 Å². The van der Waals surface area contributed by atoms with Gasteiger partial charge in [0.2, 0.25) is 0 Å². The van der Waals surface area contributed by atoms with Crippen LogP contribution in [-0.2, 0) is 0 Å². The highest BCUT2D eigenvalue weighted by Crippen LogP contribution is 2.24. The number of hydrogen-bond donors (Lipinski definition) is 2. The van der Waals surface area contributed by atoms with Gasteiger partial charge in [0.25, 0.3) is 5.91 Å². The van der Waals surface area contributed by atoms with Crippen molar-refractivity contribution >= 4 is 22.5 Å². The highest BCUT2D eigenvalue weighted by molar-refractivity contribution is 6.06. The minimum Gasteiger partial charge on any atom is -0.507 e. The average Bonchev–Trinajstić information content (AvgIpc) is 2.55. The predicted octanol–water partition coefficient (Wildman–Crippen LogP) is 3.20. The van der Waals surface area contributed by atoms with Gasteiger partial charge in [-0.3, -0.25) is 9.78 Å². The van der Waals surface area contributed by atoms with E-state index in [1.807, 2.05) is 30.3 Å². The van der Waals surface area contributed by atoms with E-state index < -0.39 is 5.91 Å². The van der Waals surface area contributed by atoms with E-state index in [2.05, 4.69) is 10.3 Å². The number of benzene rings is 2. The Labute approximate surface area is 127 Å². The molecule has 0 atom stereocenters. The van der Waals surface area contributed by atoms with Crippen molar-refractivity contribution in [3.8, 4) is 11.5 Å². The van der Waals surface area contributed by atoms with Crippen LogP contribution < -0.4 is 10.1 Å².